The zero-order chi connectivity index (χ0) is 38.8. The first-order valence-electron chi connectivity index (χ1n) is 17.8. The zero-order valence-electron chi connectivity index (χ0n) is 31.7. The minimum Gasteiger partial charge on any atom is -0.497 e. The van der Waals surface area contributed by atoms with E-state index < -0.39 is 49.8 Å². The third-order valence-electron chi connectivity index (χ3n) is 9.26. The Hall–Kier alpha value is -4.38. The Morgan fingerprint density at radius 2 is 1.46 bits per heavy atom. The highest BCUT2D eigenvalue weighted by atomic mass is 31.2. The molecule has 5 atom stereocenters. The number of rotatable bonds is 18. The molecule has 0 amide bonds. The average molecular weight is 761 g/mol. The molecule has 288 valence electrons. The van der Waals surface area contributed by atoms with Crippen molar-refractivity contribution >= 4 is 8.53 Å². The van der Waals surface area contributed by atoms with Crippen LogP contribution in [0.25, 0.3) is 0 Å². The predicted molar refractivity (Wildman–Crippen MR) is 204 cm³/mol. The van der Waals surface area contributed by atoms with Crippen LogP contribution in [0.3, 0.4) is 0 Å². The number of H-pyrrole nitrogens is 2. The lowest BCUT2D eigenvalue weighted by atomic mass is 9.78. The molecule has 1 saturated heterocycles. The SMILES string of the molecule is COc1ccc(C(OCc2ccccc2)(c2ccc(OC)cc2)[C@@H]2O[C@@H](c3c[nH]c(=O)[nH]c3=O)[C@H](OC)[C@H]2OP(OCCC#N)N(C(C)C)C(C)C)cc1. The molecule has 1 aromatic heterocycles. The summed E-state index contributed by atoms with van der Waals surface area (Å²) in [5.74, 6) is 1.27. The molecule has 0 radical (unpaired) electrons. The Kier molecular flexibility index (Phi) is 14.2. The largest absolute Gasteiger partial charge is 0.497 e. The van der Waals surface area contributed by atoms with E-state index in [1.54, 1.807) is 14.2 Å². The molecule has 0 spiro atoms. The van der Waals surface area contributed by atoms with Crippen molar-refractivity contribution in [2.75, 3.05) is 27.9 Å². The lowest BCUT2D eigenvalue weighted by Gasteiger charge is -2.44. The van der Waals surface area contributed by atoms with Crippen LogP contribution in [0.15, 0.2) is 94.6 Å². The maximum Gasteiger partial charge on any atom is 0.325 e. The number of ether oxygens (including phenoxy) is 5. The van der Waals surface area contributed by atoms with Gasteiger partial charge in [0, 0.05) is 25.4 Å². The first-order valence-corrected chi connectivity index (χ1v) is 18.9. The maximum absolute atomic E-state index is 13.5. The van der Waals surface area contributed by atoms with Crippen molar-refractivity contribution in [2.24, 2.45) is 0 Å². The van der Waals surface area contributed by atoms with Gasteiger partial charge in [0.2, 0.25) is 0 Å². The number of hydrogen-bond acceptors (Lipinski definition) is 11. The summed E-state index contributed by atoms with van der Waals surface area (Å²) in [5.41, 5.74) is -0.276. The molecule has 5 rings (SSSR count). The van der Waals surface area contributed by atoms with Crippen LogP contribution in [0, 0.1) is 11.3 Å². The number of nitrogens with zero attached hydrogens (tertiary/aromatic N) is 2. The van der Waals surface area contributed by atoms with E-state index in [1.807, 2.05) is 107 Å². The molecule has 2 N–H and O–H groups in total. The van der Waals surface area contributed by atoms with Crippen LogP contribution in [-0.4, -0.2) is 73.0 Å². The highest BCUT2D eigenvalue weighted by Gasteiger charge is 2.59. The number of benzene rings is 3. The second-order valence-corrected chi connectivity index (χ2v) is 14.7. The molecule has 3 aromatic carbocycles. The lowest BCUT2D eigenvalue weighted by Crippen LogP contribution is -2.51. The fourth-order valence-corrected chi connectivity index (χ4v) is 8.57. The highest BCUT2D eigenvalue weighted by molar-refractivity contribution is 7.44. The van der Waals surface area contributed by atoms with Crippen LogP contribution in [0.4, 0.5) is 0 Å². The molecular weight excluding hydrogens is 711 g/mol. The van der Waals surface area contributed by atoms with Crippen molar-refractivity contribution in [3.05, 3.63) is 128 Å². The average Bonchev–Trinajstić information content (AvgIpc) is 3.53. The van der Waals surface area contributed by atoms with Crippen LogP contribution < -0.4 is 20.7 Å². The maximum atomic E-state index is 13.5. The molecule has 0 aliphatic carbocycles. The Labute approximate surface area is 317 Å². The molecule has 2 heterocycles. The van der Waals surface area contributed by atoms with Crippen molar-refractivity contribution in [1.29, 1.82) is 5.26 Å². The van der Waals surface area contributed by atoms with E-state index in [2.05, 4.69) is 20.7 Å². The standard InChI is InChI=1S/C40H49N4O9P/c1-26(2)44(27(3)4)54(51-23-11-22-41)53-36-35(49-7)34(33-24-42-39(46)43-38(33)45)52-37(36)40(29-14-18-31(47-5)19-15-29,30-16-20-32(48-6)21-17-30)50-25-28-12-9-8-10-13-28/h8-10,12-21,24,26-27,34-37H,11,23,25H2,1-7H3,(H2,42,43,45,46)/t34-,35-,36+,37+,54?/m0/s1. The van der Waals surface area contributed by atoms with E-state index in [0.717, 1.165) is 5.56 Å². The third-order valence-corrected chi connectivity index (χ3v) is 11.4. The normalized spacial score (nSPS) is 19.3. The van der Waals surface area contributed by atoms with Gasteiger partial charge in [-0.15, -0.1) is 0 Å². The summed E-state index contributed by atoms with van der Waals surface area (Å²) in [7, 11) is 2.86. The number of nitriles is 1. The van der Waals surface area contributed by atoms with Gasteiger partial charge in [0.15, 0.2) is 0 Å². The van der Waals surface area contributed by atoms with Crippen molar-refractivity contribution < 1.29 is 32.7 Å². The fraction of sp³-hybridized carbons (Fsp3) is 0.425. The van der Waals surface area contributed by atoms with E-state index >= 15 is 0 Å². The van der Waals surface area contributed by atoms with Gasteiger partial charge >= 0.3 is 5.69 Å². The summed E-state index contributed by atoms with van der Waals surface area (Å²) in [5, 5.41) is 9.43. The summed E-state index contributed by atoms with van der Waals surface area (Å²) in [6, 6.07) is 26.9. The number of aromatic amines is 2. The van der Waals surface area contributed by atoms with Crippen LogP contribution >= 0.6 is 8.53 Å². The molecule has 0 bridgehead atoms. The molecule has 0 saturated carbocycles. The molecular formula is C40H49N4O9P. The summed E-state index contributed by atoms with van der Waals surface area (Å²) < 4.78 is 47.3. The fourth-order valence-electron chi connectivity index (χ4n) is 6.83. The lowest BCUT2D eigenvalue weighted by molar-refractivity contribution is -0.150. The monoisotopic (exact) mass is 760 g/mol. The van der Waals surface area contributed by atoms with E-state index in [9.17, 15) is 14.9 Å². The van der Waals surface area contributed by atoms with Gasteiger partial charge in [-0.3, -0.25) is 9.78 Å². The molecule has 1 aliphatic rings. The van der Waals surface area contributed by atoms with E-state index in [0.29, 0.717) is 22.6 Å². The molecule has 13 nitrogen and oxygen atoms in total. The zero-order valence-corrected chi connectivity index (χ0v) is 32.6. The number of hydrogen-bond donors (Lipinski definition) is 2. The van der Waals surface area contributed by atoms with Gasteiger partial charge in [0.1, 0.15) is 41.5 Å². The van der Waals surface area contributed by atoms with Gasteiger partial charge in [-0.25, -0.2) is 9.46 Å². The summed E-state index contributed by atoms with van der Waals surface area (Å²) in [6.07, 6.45) is -2.43. The number of methoxy groups -OCH3 is 3. The second-order valence-electron chi connectivity index (χ2n) is 13.3. The summed E-state index contributed by atoms with van der Waals surface area (Å²) >= 11 is 0. The third kappa shape index (κ3) is 8.94. The molecule has 14 heteroatoms. The van der Waals surface area contributed by atoms with Crippen molar-refractivity contribution in [1.82, 2.24) is 14.6 Å². The number of nitrogens with one attached hydrogen (secondary N) is 2. The first kappa shape index (κ1) is 40.8. The Morgan fingerprint density at radius 3 is 1.96 bits per heavy atom. The van der Waals surface area contributed by atoms with Gasteiger partial charge in [-0.05, 0) is 68.7 Å². The van der Waals surface area contributed by atoms with E-state index in [4.69, 9.17) is 32.7 Å². The topological polar surface area (TPSA) is 157 Å². The van der Waals surface area contributed by atoms with Gasteiger partial charge in [0.05, 0.1) is 45.5 Å². The Bertz CT molecular complexity index is 1870. The van der Waals surface area contributed by atoms with Gasteiger partial charge < -0.3 is 37.7 Å². The Balaban J connectivity index is 1.80. The van der Waals surface area contributed by atoms with Gasteiger partial charge in [-0.2, -0.15) is 5.26 Å². The van der Waals surface area contributed by atoms with Crippen LogP contribution in [0.2, 0.25) is 0 Å². The van der Waals surface area contributed by atoms with Crippen LogP contribution in [0.5, 0.6) is 11.5 Å². The summed E-state index contributed by atoms with van der Waals surface area (Å²) in [6.45, 7) is 8.48. The van der Waals surface area contributed by atoms with Gasteiger partial charge in [0.25, 0.3) is 14.1 Å². The quantitative estimate of drug-likeness (QED) is 0.0860. The number of aromatic nitrogens is 2. The van der Waals surface area contributed by atoms with Crippen molar-refractivity contribution in [3.8, 4) is 17.6 Å². The van der Waals surface area contributed by atoms with Gasteiger partial charge in [-0.1, -0.05) is 54.6 Å². The van der Waals surface area contributed by atoms with Crippen molar-refractivity contribution in [2.45, 2.75) is 82.8 Å². The molecule has 1 unspecified atom stereocenters. The molecule has 4 aromatic rings. The molecule has 1 aliphatic heterocycles. The smallest absolute Gasteiger partial charge is 0.325 e. The second kappa shape index (κ2) is 18.8. The minimum absolute atomic E-state index is 0.0138. The predicted octanol–water partition coefficient (Wildman–Crippen LogP) is 6.36. The van der Waals surface area contributed by atoms with Crippen molar-refractivity contribution in [3.63, 3.8) is 0 Å². The highest BCUT2D eigenvalue weighted by Crippen LogP contribution is 2.55. The first-order chi connectivity index (χ1) is 26.1. The molecule has 1 fully saturated rings. The summed E-state index contributed by atoms with van der Waals surface area (Å²) in [4.78, 5) is 30.5. The van der Waals surface area contributed by atoms with Crippen LogP contribution in [0.1, 0.15) is 62.5 Å². The van der Waals surface area contributed by atoms with E-state index in [1.165, 1.54) is 13.3 Å². The van der Waals surface area contributed by atoms with E-state index in [-0.39, 0.29) is 37.3 Å². The molecule has 54 heavy (non-hydrogen) atoms. The Morgan fingerprint density at radius 1 is 0.870 bits per heavy atom. The van der Waals surface area contributed by atoms with Crippen LogP contribution in [-0.2, 0) is 35.5 Å². The minimum atomic E-state index is -1.86.